The van der Waals surface area contributed by atoms with Crippen molar-refractivity contribution < 1.29 is 0 Å². The number of hydrogen-bond donors (Lipinski definition) is 1. The van der Waals surface area contributed by atoms with Gasteiger partial charge < -0.3 is 5.32 Å². The van der Waals surface area contributed by atoms with Crippen molar-refractivity contribution in [1.82, 2.24) is 15.2 Å². The average Bonchev–Trinajstić information content (AvgIpc) is 2.30. The highest BCUT2D eigenvalue weighted by Crippen LogP contribution is 2.28. The number of piperazine rings is 1. The van der Waals surface area contributed by atoms with Crippen LogP contribution in [-0.2, 0) is 0 Å². The zero-order valence-electron chi connectivity index (χ0n) is 11.7. The lowest BCUT2D eigenvalue weighted by molar-refractivity contribution is 0.0273. The Labute approximate surface area is 105 Å². The van der Waals surface area contributed by atoms with Crippen molar-refractivity contribution in [2.75, 3.05) is 20.1 Å². The van der Waals surface area contributed by atoms with E-state index < -0.39 is 0 Å². The first kappa shape index (κ1) is 14.1. The Morgan fingerprint density at radius 3 is 1.94 bits per heavy atom. The third-order valence-corrected chi connectivity index (χ3v) is 4.06. The molecule has 0 radical (unpaired) electrons. The molecule has 1 saturated heterocycles. The first-order chi connectivity index (χ1) is 7.88. The summed E-state index contributed by atoms with van der Waals surface area (Å²) in [5, 5.41) is 3.54. The van der Waals surface area contributed by atoms with Gasteiger partial charge in [0.05, 0.1) is 0 Å². The molecule has 1 aromatic heterocycles. The van der Waals surface area contributed by atoms with Gasteiger partial charge in [-0.2, -0.15) is 0 Å². The smallest absolute Gasteiger partial charge is 0.0326 e. The van der Waals surface area contributed by atoms with E-state index >= 15 is 0 Å². The van der Waals surface area contributed by atoms with Crippen LogP contribution in [0.25, 0.3) is 0 Å². The Balaban J connectivity index is 0.000000202. The van der Waals surface area contributed by atoms with Crippen molar-refractivity contribution in [3.63, 3.8) is 0 Å². The molecule has 0 unspecified atom stereocenters. The van der Waals surface area contributed by atoms with Gasteiger partial charge in [-0.25, -0.2) is 0 Å². The fourth-order valence-electron chi connectivity index (χ4n) is 1.82. The van der Waals surface area contributed by atoms with Gasteiger partial charge in [-0.15, -0.1) is 0 Å². The maximum Gasteiger partial charge on any atom is 0.0326 e. The topological polar surface area (TPSA) is 28.2 Å². The van der Waals surface area contributed by atoms with Crippen LogP contribution >= 0.6 is 0 Å². The van der Waals surface area contributed by atoms with E-state index in [2.05, 4.69) is 49.9 Å². The molecule has 0 atom stereocenters. The van der Waals surface area contributed by atoms with Gasteiger partial charge in [-0.1, -0.05) is 6.07 Å². The SMILES string of the molecule is CN1CCNC(C)(C)C1(C)C.c1ccncc1. The van der Waals surface area contributed by atoms with Gasteiger partial charge in [0, 0.05) is 36.6 Å². The molecule has 2 rings (SSSR count). The van der Waals surface area contributed by atoms with Crippen LogP contribution in [0.4, 0.5) is 0 Å². The Hall–Kier alpha value is -0.930. The number of rotatable bonds is 0. The zero-order valence-corrected chi connectivity index (χ0v) is 11.7. The molecule has 0 amide bonds. The summed E-state index contributed by atoms with van der Waals surface area (Å²) in [5.74, 6) is 0. The molecule has 0 bridgehead atoms. The Morgan fingerprint density at radius 1 is 1.06 bits per heavy atom. The molecule has 1 aromatic rings. The van der Waals surface area contributed by atoms with Gasteiger partial charge >= 0.3 is 0 Å². The Morgan fingerprint density at radius 2 is 1.65 bits per heavy atom. The summed E-state index contributed by atoms with van der Waals surface area (Å²) in [6, 6.07) is 5.72. The lowest BCUT2D eigenvalue weighted by Crippen LogP contribution is -2.68. The van der Waals surface area contributed by atoms with Crippen molar-refractivity contribution in [2.45, 2.75) is 38.8 Å². The van der Waals surface area contributed by atoms with Crippen molar-refractivity contribution in [3.8, 4) is 0 Å². The summed E-state index contributed by atoms with van der Waals surface area (Å²) < 4.78 is 0. The molecule has 96 valence electrons. The Bertz CT molecular complexity index is 293. The van der Waals surface area contributed by atoms with E-state index in [9.17, 15) is 0 Å². The standard InChI is InChI=1S/C9H20N2.C5H5N/c1-8(2)9(3,4)11(5)7-6-10-8;1-2-4-6-5-3-1/h10H,6-7H2,1-5H3;1-5H. The van der Waals surface area contributed by atoms with Crippen LogP contribution in [0.1, 0.15) is 27.7 Å². The van der Waals surface area contributed by atoms with Crippen LogP contribution < -0.4 is 5.32 Å². The molecule has 1 fully saturated rings. The van der Waals surface area contributed by atoms with Gasteiger partial charge in [0.1, 0.15) is 0 Å². The molecule has 1 aliphatic rings. The van der Waals surface area contributed by atoms with Crippen molar-refractivity contribution in [2.24, 2.45) is 0 Å². The lowest BCUT2D eigenvalue weighted by atomic mass is 9.79. The minimum atomic E-state index is 0.222. The van der Waals surface area contributed by atoms with Crippen LogP contribution in [0.2, 0.25) is 0 Å². The first-order valence-corrected chi connectivity index (χ1v) is 6.19. The molecule has 1 N–H and O–H groups in total. The second-order valence-electron chi connectivity index (χ2n) is 5.56. The molecular formula is C14H25N3. The Kier molecular flexibility index (Phi) is 4.66. The normalized spacial score (nSPS) is 22.4. The van der Waals surface area contributed by atoms with Crippen molar-refractivity contribution in [1.29, 1.82) is 0 Å². The molecule has 3 nitrogen and oxygen atoms in total. The summed E-state index contributed by atoms with van der Waals surface area (Å²) in [6.07, 6.45) is 3.50. The summed E-state index contributed by atoms with van der Waals surface area (Å²) in [4.78, 5) is 6.20. The summed E-state index contributed by atoms with van der Waals surface area (Å²) >= 11 is 0. The van der Waals surface area contributed by atoms with E-state index in [1.54, 1.807) is 12.4 Å². The predicted molar refractivity (Wildman–Crippen MR) is 73.0 cm³/mol. The largest absolute Gasteiger partial charge is 0.309 e. The molecule has 0 spiro atoms. The van der Waals surface area contributed by atoms with Gasteiger partial charge in [-0.3, -0.25) is 9.88 Å². The van der Waals surface area contributed by atoms with Gasteiger partial charge in [0.25, 0.3) is 0 Å². The fourth-order valence-corrected chi connectivity index (χ4v) is 1.82. The number of nitrogens with zero attached hydrogens (tertiary/aromatic N) is 2. The minimum absolute atomic E-state index is 0.222. The molecule has 3 heteroatoms. The first-order valence-electron chi connectivity index (χ1n) is 6.19. The molecule has 2 heterocycles. The second kappa shape index (κ2) is 5.61. The third-order valence-electron chi connectivity index (χ3n) is 4.06. The number of pyridine rings is 1. The summed E-state index contributed by atoms with van der Waals surface area (Å²) in [6.45, 7) is 11.4. The van der Waals surface area contributed by atoms with Gasteiger partial charge in [0.15, 0.2) is 0 Å². The van der Waals surface area contributed by atoms with E-state index in [1.165, 1.54) is 0 Å². The number of likely N-dealkylation sites (N-methyl/N-ethyl adjacent to an activating group) is 1. The highest BCUT2D eigenvalue weighted by atomic mass is 15.3. The molecule has 0 aliphatic carbocycles. The van der Waals surface area contributed by atoms with Crippen molar-refractivity contribution >= 4 is 0 Å². The van der Waals surface area contributed by atoms with Crippen LogP contribution in [0.3, 0.4) is 0 Å². The lowest BCUT2D eigenvalue weighted by Gasteiger charge is -2.52. The number of aromatic nitrogens is 1. The van der Waals surface area contributed by atoms with Gasteiger partial charge in [-0.05, 0) is 46.9 Å². The highest BCUT2D eigenvalue weighted by Gasteiger charge is 2.42. The van der Waals surface area contributed by atoms with Crippen LogP contribution in [0, 0.1) is 0 Å². The molecule has 1 aliphatic heterocycles. The van der Waals surface area contributed by atoms with Crippen LogP contribution in [-0.4, -0.2) is 41.1 Å². The molecule has 0 aromatic carbocycles. The minimum Gasteiger partial charge on any atom is -0.309 e. The van der Waals surface area contributed by atoms with Gasteiger partial charge in [0.2, 0.25) is 0 Å². The molecule has 0 saturated carbocycles. The quantitative estimate of drug-likeness (QED) is 0.747. The van der Waals surface area contributed by atoms with E-state index in [0.717, 1.165) is 13.1 Å². The average molecular weight is 235 g/mol. The number of hydrogen-bond acceptors (Lipinski definition) is 3. The maximum absolute atomic E-state index is 3.78. The fraction of sp³-hybridized carbons (Fsp3) is 0.643. The molecular weight excluding hydrogens is 210 g/mol. The molecule has 17 heavy (non-hydrogen) atoms. The van der Waals surface area contributed by atoms with Crippen LogP contribution in [0.15, 0.2) is 30.6 Å². The van der Waals surface area contributed by atoms with E-state index in [1.807, 2.05) is 18.2 Å². The van der Waals surface area contributed by atoms with E-state index in [4.69, 9.17) is 0 Å². The predicted octanol–water partition coefficient (Wildman–Crippen LogP) is 2.16. The monoisotopic (exact) mass is 235 g/mol. The third kappa shape index (κ3) is 3.51. The number of nitrogens with one attached hydrogen (secondary N) is 1. The van der Waals surface area contributed by atoms with Crippen LogP contribution in [0.5, 0.6) is 0 Å². The second-order valence-corrected chi connectivity index (χ2v) is 5.56. The summed E-state index contributed by atoms with van der Waals surface area (Å²) in [7, 11) is 2.20. The van der Waals surface area contributed by atoms with E-state index in [0.29, 0.717) is 0 Å². The highest BCUT2D eigenvalue weighted by molar-refractivity contribution is 5.03. The van der Waals surface area contributed by atoms with E-state index in [-0.39, 0.29) is 11.1 Å². The van der Waals surface area contributed by atoms with Crippen molar-refractivity contribution in [3.05, 3.63) is 30.6 Å². The maximum atomic E-state index is 3.78. The summed E-state index contributed by atoms with van der Waals surface area (Å²) in [5.41, 5.74) is 0.477. The zero-order chi connectivity index (χ0) is 12.9.